The Hall–Kier alpha value is -1.64. The van der Waals surface area contributed by atoms with Crippen LogP contribution < -0.4 is 10.1 Å². The van der Waals surface area contributed by atoms with Crippen LogP contribution in [0.25, 0.3) is 11.1 Å². The summed E-state index contributed by atoms with van der Waals surface area (Å²) in [5.74, 6) is -1.41. The molecule has 0 aliphatic carbocycles. The minimum Gasteiger partial charge on any atom is -0.491 e. The van der Waals surface area contributed by atoms with Crippen LogP contribution in [0.5, 0.6) is 5.75 Å². The molecule has 152 valence electrons. The highest BCUT2D eigenvalue weighted by molar-refractivity contribution is 6.44. The lowest BCUT2D eigenvalue weighted by atomic mass is 10.0. The molecule has 1 fully saturated rings. The van der Waals surface area contributed by atoms with Crippen molar-refractivity contribution in [3.8, 4) is 16.9 Å². The number of halogens is 7. The van der Waals surface area contributed by atoms with E-state index in [9.17, 15) is 22.4 Å². The molecular formula is C17H13Cl3F4N2O2. The Morgan fingerprint density at radius 3 is 2.50 bits per heavy atom. The fraction of sp³-hybridized carbons (Fsp3) is 0.353. The molecule has 1 saturated heterocycles. The fourth-order valence-corrected chi connectivity index (χ4v) is 3.41. The molecule has 1 aliphatic rings. The van der Waals surface area contributed by atoms with Crippen molar-refractivity contribution in [3.05, 3.63) is 40.4 Å². The van der Waals surface area contributed by atoms with E-state index in [2.05, 4.69) is 10.3 Å². The molecule has 2 N–H and O–H groups in total. The molecule has 1 unspecified atom stereocenters. The summed E-state index contributed by atoms with van der Waals surface area (Å²) in [6.45, 7) is 0.521. The average molecular weight is 460 g/mol. The fourth-order valence-electron chi connectivity index (χ4n) is 2.86. The van der Waals surface area contributed by atoms with Gasteiger partial charge in [0.2, 0.25) is 5.91 Å². The Labute approximate surface area is 172 Å². The van der Waals surface area contributed by atoms with Crippen LogP contribution in [0, 0.1) is 11.7 Å². The van der Waals surface area contributed by atoms with Crippen molar-refractivity contribution < 1.29 is 27.1 Å². The molecule has 1 atom stereocenters. The normalized spacial score (nSPS) is 17.3. The van der Waals surface area contributed by atoms with Crippen LogP contribution in [0.15, 0.2) is 18.2 Å². The summed E-state index contributed by atoms with van der Waals surface area (Å²) in [5, 5.41) is 2.57. The maximum absolute atomic E-state index is 14.5. The lowest BCUT2D eigenvalue weighted by molar-refractivity contribution is -0.140. The number of amides is 1. The first kappa shape index (κ1) is 21.1. The maximum Gasteiger partial charge on any atom is 0.431 e. The van der Waals surface area contributed by atoms with Gasteiger partial charge in [-0.2, -0.15) is 13.2 Å². The van der Waals surface area contributed by atoms with Crippen LogP contribution in [-0.4, -0.2) is 24.0 Å². The molecule has 0 bridgehead atoms. The largest absolute Gasteiger partial charge is 0.491 e. The Morgan fingerprint density at radius 2 is 1.93 bits per heavy atom. The Kier molecular flexibility index (Phi) is 6.03. The first-order valence-electron chi connectivity index (χ1n) is 8.06. The number of nitrogens with one attached hydrogen (secondary N) is 2. The third-order valence-corrected chi connectivity index (χ3v) is 5.02. The zero-order chi connectivity index (χ0) is 20.6. The van der Waals surface area contributed by atoms with Gasteiger partial charge in [-0.15, -0.1) is 0 Å². The minimum absolute atomic E-state index is 0.00193. The summed E-state index contributed by atoms with van der Waals surface area (Å²) >= 11 is 17.5. The number of H-pyrrole nitrogens is 1. The number of hydrogen-bond acceptors (Lipinski definition) is 2. The molecule has 1 amide bonds. The van der Waals surface area contributed by atoms with Gasteiger partial charge in [0.1, 0.15) is 22.1 Å². The Morgan fingerprint density at radius 1 is 1.21 bits per heavy atom. The lowest BCUT2D eigenvalue weighted by Crippen LogP contribution is -2.23. The van der Waals surface area contributed by atoms with Gasteiger partial charge in [0, 0.05) is 17.7 Å². The van der Waals surface area contributed by atoms with Gasteiger partial charge in [-0.05, 0) is 24.6 Å². The summed E-state index contributed by atoms with van der Waals surface area (Å²) in [6.07, 6.45) is -4.13. The molecule has 28 heavy (non-hydrogen) atoms. The predicted molar refractivity (Wildman–Crippen MR) is 97.3 cm³/mol. The molecule has 2 aromatic rings. The number of carbonyl (C=O) groups is 1. The summed E-state index contributed by atoms with van der Waals surface area (Å²) in [7, 11) is 0. The topological polar surface area (TPSA) is 54.1 Å². The Bertz CT molecular complexity index is 899. The van der Waals surface area contributed by atoms with Crippen LogP contribution in [-0.2, 0) is 11.0 Å². The number of hydrogen-bond donors (Lipinski definition) is 2. The SMILES string of the molecule is O=C1NCCC1COc1cc(-c2cc(C(F)(F)F)[nH]c2C(Cl)Cl)c(F)cc1Cl. The highest BCUT2D eigenvalue weighted by Crippen LogP contribution is 2.42. The van der Waals surface area contributed by atoms with E-state index in [-0.39, 0.29) is 46.0 Å². The second-order valence-electron chi connectivity index (χ2n) is 6.16. The second-order valence-corrected chi connectivity index (χ2v) is 7.66. The zero-order valence-corrected chi connectivity index (χ0v) is 16.2. The van der Waals surface area contributed by atoms with E-state index in [1.165, 1.54) is 0 Å². The lowest BCUT2D eigenvalue weighted by Gasteiger charge is -2.14. The molecule has 4 nitrogen and oxygen atoms in total. The first-order valence-corrected chi connectivity index (χ1v) is 9.31. The van der Waals surface area contributed by atoms with Crippen LogP contribution in [0.3, 0.4) is 0 Å². The number of ether oxygens (including phenoxy) is 1. The number of carbonyl (C=O) groups excluding carboxylic acids is 1. The monoisotopic (exact) mass is 458 g/mol. The summed E-state index contributed by atoms with van der Waals surface area (Å²) in [5.41, 5.74) is -1.72. The smallest absolute Gasteiger partial charge is 0.431 e. The van der Waals surface area contributed by atoms with E-state index in [1.807, 2.05) is 0 Å². The van der Waals surface area contributed by atoms with Gasteiger partial charge < -0.3 is 15.0 Å². The van der Waals surface area contributed by atoms with Crippen molar-refractivity contribution in [2.24, 2.45) is 5.92 Å². The minimum atomic E-state index is -4.70. The molecule has 1 aromatic heterocycles. The molecule has 0 radical (unpaired) electrons. The van der Waals surface area contributed by atoms with Crippen LogP contribution >= 0.6 is 34.8 Å². The summed E-state index contributed by atoms with van der Waals surface area (Å²) < 4.78 is 59.1. The van der Waals surface area contributed by atoms with E-state index in [0.717, 1.165) is 12.1 Å². The highest BCUT2D eigenvalue weighted by atomic mass is 35.5. The average Bonchev–Trinajstić information content (AvgIpc) is 3.20. The van der Waals surface area contributed by atoms with Crippen molar-refractivity contribution >= 4 is 40.7 Å². The standard InChI is InChI=1S/C17H13Cl3F4N2O2/c18-10-5-11(21)8(3-12(10)28-6-7-1-2-25-16(7)27)9-4-13(17(22,23)24)26-14(9)15(19)20/h3-5,7,15,26H,1-2,6H2,(H,25,27). The highest BCUT2D eigenvalue weighted by Gasteiger charge is 2.35. The van der Waals surface area contributed by atoms with Crippen LogP contribution in [0.1, 0.15) is 22.6 Å². The zero-order valence-electron chi connectivity index (χ0n) is 14.0. The summed E-state index contributed by atoms with van der Waals surface area (Å²) in [6, 6.07) is 2.80. The third kappa shape index (κ3) is 4.34. The van der Waals surface area contributed by atoms with Gasteiger partial charge in [0.15, 0.2) is 0 Å². The second kappa shape index (κ2) is 8.00. The van der Waals surface area contributed by atoms with Gasteiger partial charge >= 0.3 is 6.18 Å². The molecule has 3 rings (SSSR count). The third-order valence-electron chi connectivity index (χ3n) is 4.29. The van der Waals surface area contributed by atoms with Gasteiger partial charge in [-0.3, -0.25) is 4.79 Å². The van der Waals surface area contributed by atoms with Crippen molar-refractivity contribution in [1.29, 1.82) is 0 Å². The number of aromatic amines is 1. The van der Waals surface area contributed by atoms with E-state index >= 15 is 0 Å². The van der Waals surface area contributed by atoms with E-state index in [1.54, 1.807) is 0 Å². The van der Waals surface area contributed by atoms with Gasteiger partial charge in [-0.1, -0.05) is 34.8 Å². The number of benzene rings is 1. The van der Waals surface area contributed by atoms with Crippen molar-refractivity contribution in [2.75, 3.05) is 13.2 Å². The number of alkyl halides is 5. The van der Waals surface area contributed by atoms with Crippen molar-refractivity contribution in [3.63, 3.8) is 0 Å². The van der Waals surface area contributed by atoms with Gasteiger partial charge in [-0.25, -0.2) is 4.39 Å². The van der Waals surface area contributed by atoms with Gasteiger partial charge in [0.25, 0.3) is 0 Å². The molecule has 1 aliphatic heterocycles. The molecule has 1 aromatic carbocycles. The first-order chi connectivity index (χ1) is 13.1. The molecule has 0 spiro atoms. The molecule has 0 saturated carbocycles. The quantitative estimate of drug-likeness (QED) is 0.459. The molecular weight excluding hydrogens is 447 g/mol. The number of rotatable bonds is 5. The predicted octanol–water partition coefficient (Wildman–Crippen LogP) is 5.48. The van der Waals surface area contributed by atoms with Crippen LogP contribution in [0.4, 0.5) is 17.6 Å². The van der Waals surface area contributed by atoms with Crippen LogP contribution in [0.2, 0.25) is 5.02 Å². The number of aromatic nitrogens is 1. The Balaban J connectivity index is 1.98. The van der Waals surface area contributed by atoms with Gasteiger partial charge in [0.05, 0.1) is 23.2 Å². The van der Waals surface area contributed by atoms with E-state index in [4.69, 9.17) is 39.5 Å². The van der Waals surface area contributed by atoms with Crippen molar-refractivity contribution in [2.45, 2.75) is 17.4 Å². The van der Waals surface area contributed by atoms with E-state index < -0.39 is 22.5 Å². The van der Waals surface area contributed by atoms with E-state index in [0.29, 0.717) is 19.0 Å². The van der Waals surface area contributed by atoms with Crippen molar-refractivity contribution in [1.82, 2.24) is 10.3 Å². The molecule has 2 heterocycles. The molecule has 11 heteroatoms. The summed E-state index contributed by atoms with van der Waals surface area (Å²) in [4.78, 5) is 12.3. The maximum atomic E-state index is 14.5.